The van der Waals surface area contributed by atoms with E-state index in [0.29, 0.717) is 0 Å². The van der Waals surface area contributed by atoms with Gasteiger partial charge in [-0.1, -0.05) is 12.1 Å². The maximum absolute atomic E-state index is 13.4. The first kappa shape index (κ1) is 13.4. The molecule has 0 bridgehead atoms. The number of rotatable bonds is 2. The van der Waals surface area contributed by atoms with E-state index in [4.69, 9.17) is 5.73 Å². The van der Waals surface area contributed by atoms with Crippen LogP contribution in [-0.2, 0) is 6.42 Å². The Labute approximate surface area is 119 Å². The van der Waals surface area contributed by atoms with Crippen molar-refractivity contribution in [3.05, 3.63) is 58.7 Å². The lowest BCUT2D eigenvalue weighted by atomic mass is 9.93. The van der Waals surface area contributed by atoms with Gasteiger partial charge in [-0.15, -0.1) is 0 Å². The van der Waals surface area contributed by atoms with Gasteiger partial charge in [0.05, 0.1) is 6.04 Å². The lowest BCUT2D eigenvalue weighted by molar-refractivity contribution is 0.520. The Morgan fingerprint density at radius 1 is 1.35 bits per heavy atom. The molecule has 0 amide bonds. The van der Waals surface area contributed by atoms with E-state index in [-0.39, 0.29) is 17.9 Å². The van der Waals surface area contributed by atoms with Crippen LogP contribution < -0.4 is 5.73 Å². The molecule has 0 saturated carbocycles. The SMILES string of the molecule is Cc1cc2c(n1C(C)c1cccc(F)c1)CCCC2N. The van der Waals surface area contributed by atoms with E-state index < -0.39 is 0 Å². The lowest BCUT2D eigenvalue weighted by Gasteiger charge is -2.25. The molecule has 1 aliphatic rings. The number of aromatic nitrogens is 1. The molecule has 0 spiro atoms. The van der Waals surface area contributed by atoms with Crippen molar-refractivity contribution >= 4 is 0 Å². The first-order valence-electron chi connectivity index (χ1n) is 7.29. The van der Waals surface area contributed by atoms with E-state index in [1.807, 2.05) is 6.07 Å². The second-order valence-corrected chi connectivity index (χ2v) is 5.79. The predicted octanol–water partition coefficient (Wildman–Crippen LogP) is 3.88. The van der Waals surface area contributed by atoms with Crippen LogP contribution in [0, 0.1) is 12.7 Å². The lowest BCUT2D eigenvalue weighted by Crippen LogP contribution is -2.20. The average molecular weight is 272 g/mol. The quantitative estimate of drug-likeness (QED) is 0.883. The first-order valence-corrected chi connectivity index (χ1v) is 7.29. The number of halogens is 1. The smallest absolute Gasteiger partial charge is 0.123 e. The van der Waals surface area contributed by atoms with Crippen LogP contribution in [0.1, 0.15) is 54.4 Å². The summed E-state index contributed by atoms with van der Waals surface area (Å²) in [5.74, 6) is -0.176. The third-order valence-corrected chi connectivity index (χ3v) is 4.41. The Hall–Kier alpha value is -1.61. The Balaban J connectivity index is 2.06. The van der Waals surface area contributed by atoms with Gasteiger partial charge in [-0.3, -0.25) is 0 Å². The van der Waals surface area contributed by atoms with Crippen LogP contribution in [0.2, 0.25) is 0 Å². The van der Waals surface area contributed by atoms with Crippen molar-refractivity contribution in [3.8, 4) is 0 Å². The van der Waals surface area contributed by atoms with Crippen molar-refractivity contribution < 1.29 is 4.39 Å². The van der Waals surface area contributed by atoms with Crippen LogP contribution >= 0.6 is 0 Å². The van der Waals surface area contributed by atoms with Crippen molar-refractivity contribution in [3.63, 3.8) is 0 Å². The monoisotopic (exact) mass is 272 g/mol. The Bertz CT molecular complexity index is 630. The van der Waals surface area contributed by atoms with E-state index in [2.05, 4.69) is 24.5 Å². The zero-order chi connectivity index (χ0) is 14.3. The fourth-order valence-electron chi connectivity index (χ4n) is 3.42. The second-order valence-electron chi connectivity index (χ2n) is 5.79. The number of aryl methyl sites for hydroxylation is 1. The molecule has 0 aliphatic heterocycles. The molecule has 20 heavy (non-hydrogen) atoms. The largest absolute Gasteiger partial charge is 0.341 e. The highest BCUT2D eigenvalue weighted by atomic mass is 19.1. The van der Waals surface area contributed by atoms with Crippen LogP contribution in [0.15, 0.2) is 30.3 Å². The molecular weight excluding hydrogens is 251 g/mol. The Kier molecular flexibility index (Phi) is 3.38. The molecule has 1 aromatic carbocycles. The molecule has 3 heteroatoms. The van der Waals surface area contributed by atoms with Gasteiger partial charge in [0, 0.05) is 17.4 Å². The second kappa shape index (κ2) is 5.06. The van der Waals surface area contributed by atoms with Crippen LogP contribution in [0.4, 0.5) is 4.39 Å². The normalized spacial score (nSPS) is 19.7. The Morgan fingerprint density at radius 2 is 2.15 bits per heavy atom. The summed E-state index contributed by atoms with van der Waals surface area (Å²) < 4.78 is 15.8. The minimum Gasteiger partial charge on any atom is -0.341 e. The molecule has 2 atom stereocenters. The molecule has 3 rings (SSSR count). The third kappa shape index (κ3) is 2.16. The highest BCUT2D eigenvalue weighted by Crippen LogP contribution is 2.34. The number of hydrogen-bond acceptors (Lipinski definition) is 1. The van der Waals surface area contributed by atoms with Gasteiger partial charge < -0.3 is 10.3 Å². The number of hydrogen-bond donors (Lipinski definition) is 1. The molecule has 1 aliphatic carbocycles. The number of fused-ring (bicyclic) bond motifs is 1. The summed E-state index contributed by atoms with van der Waals surface area (Å²) in [6, 6.07) is 9.37. The minimum atomic E-state index is -0.176. The van der Waals surface area contributed by atoms with Gasteiger partial charge in [-0.2, -0.15) is 0 Å². The molecular formula is C17H21FN2. The zero-order valence-corrected chi connectivity index (χ0v) is 12.1. The van der Waals surface area contributed by atoms with E-state index in [1.165, 1.54) is 23.0 Å². The number of benzene rings is 1. The molecule has 0 radical (unpaired) electrons. The van der Waals surface area contributed by atoms with E-state index in [1.54, 1.807) is 12.1 Å². The van der Waals surface area contributed by atoms with E-state index in [0.717, 1.165) is 24.8 Å². The van der Waals surface area contributed by atoms with Gasteiger partial charge in [0.25, 0.3) is 0 Å². The van der Waals surface area contributed by atoms with Gasteiger partial charge in [0.2, 0.25) is 0 Å². The summed E-state index contributed by atoms with van der Waals surface area (Å²) in [6.45, 7) is 4.24. The van der Waals surface area contributed by atoms with E-state index >= 15 is 0 Å². The van der Waals surface area contributed by atoms with Gasteiger partial charge >= 0.3 is 0 Å². The third-order valence-electron chi connectivity index (χ3n) is 4.41. The maximum Gasteiger partial charge on any atom is 0.123 e. The predicted molar refractivity (Wildman–Crippen MR) is 79.2 cm³/mol. The zero-order valence-electron chi connectivity index (χ0n) is 12.1. The summed E-state index contributed by atoms with van der Waals surface area (Å²) >= 11 is 0. The summed E-state index contributed by atoms with van der Waals surface area (Å²) in [5.41, 5.74) is 11.0. The van der Waals surface area contributed by atoms with Crippen molar-refractivity contribution in [2.45, 2.75) is 45.2 Å². The molecule has 106 valence electrons. The highest BCUT2D eigenvalue weighted by molar-refractivity contribution is 5.35. The van der Waals surface area contributed by atoms with Gasteiger partial charge in [0.15, 0.2) is 0 Å². The molecule has 0 fully saturated rings. The van der Waals surface area contributed by atoms with Crippen molar-refractivity contribution in [1.29, 1.82) is 0 Å². The fourth-order valence-corrected chi connectivity index (χ4v) is 3.42. The Morgan fingerprint density at radius 3 is 2.90 bits per heavy atom. The van der Waals surface area contributed by atoms with E-state index in [9.17, 15) is 4.39 Å². The topological polar surface area (TPSA) is 30.9 Å². The van der Waals surface area contributed by atoms with Crippen molar-refractivity contribution in [2.75, 3.05) is 0 Å². The molecule has 2 nitrogen and oxygen atoms in total. The van der Waals surface area contributed by atoms with Gasteiger partial charge in [-0.05, 0) is 62.4 Å². The molecule has 0 saturated heterocycles. The summed E-state index contributed by atoms with van der Waals surface area (Å²) in [7, 11) is 0. The molecule has 1 heterocycles. The average Bonchev–Trinajstić information content (AvgIpc) is 2.76. The number of nitrogens with zero attached hydrogens (tertiary/aromatic N) is 1. The molecule has 2 N–H and O–H groups in total. The standard InChI is InChI=1S/C17H21FN2/c1-11-9-15-16(19)7-4-8-17(15)20(11)12(2)13-5-3-6-14(18)10-13/h3,5-6,9-10,12,16H,4,7-8,19H2,1-2H3. The fraction of sp³-hybridized carbons (Fsp3) is 0.412. The summed E-state index contributed by atoms with van der Waals surface area (Å²) in [4.78, 5) is 0. The number of nitrogens with two attached hydrogens (primary N) is 1. The van der Waals surface area contributed by atoms with Crippen molar-refractivity contribution in [1.82, 2.24) is 4.57 Å². The molecule has 2 unspecified atom stereocenters. The first-order chi connectivity index (χ1) is 9.58. The maximum atomic E-state index is 13.4. The van der Waals surface area contributed by atoms with Gasteiger partial charge in [-0.25, -0.2) is 4.39 Å². The van der Waals surface area contributed by atoms with Crippen LogP contribution in [-0.4, -0.2) is 4.57 Å². The summed E-state index contributed by atoms with van der Waals surface area (Å²) in [6.07, 6.45) is 3.26. The summed E-state index contributed by atoms with van der Waals surface area (Å²) in [5, 5.41) is 0. The van der Waals surface area contributed by atoms with Gasteiger partial charge in [0.1, 0.15) is 5.82 Å². The molecule has 2 aromatic rings. The molecule has 1 aromatic heterocycles. The minimum absolute atomic E-state index is 0.139. The van der Waals surface area contributed by atoms with Crippen LogP contribution in [0.25, 0.3) is 0 Å². The van der Waals surface area contributed by atoms with Crippen LogP contribution in [0.5, 0.6) is 0 Å². The van der Waals surface area contributed by atoms with Crippen LogP contribution in [0.3, 0.4) is 0 Å². The highest BCUT2D eigenvalue weighted by Gasteiger charge is 2.24. The van der Waals surface area contributed by atoms with Crippen molar-refractivity contribution in [2.24, 2.45) is 5.73 Å².